The zero-order chi connectivity index (χ0) is 11.4. The Hall–Kier alpha value is -0.780. The van der Waals surface area contributed by atoms with E-state index < -0.39 is 5.97 Å². The van der Waals surface area contributed by atoms with Gasteiger partial charge in [-0.05, 0) is 53.6 Å². The highest BCUT2D eigenvalue weighted by atomic mass is 127. The van der Waals surface area contributed by atoms with E-state index in [-0.39, 0.29) is 5.56 Å². The fraction of sp³-hybridized carbons (Fsp3) is 0.364. The van der Waals surface area contributed by atoms with Gasteiger partial charge in [0.05, 0.1) is 6.61 Å². The molecular weight excluding hydrogens is 307 g/mol. The molecule has 0 fully saturated rings. The van der Waals surface area contributed by atoms with E-state index in [0.29, 0.717) is 12.4 Å². The Kier molecular flexibility index (Phi) is 4.38. The lowest BCUT2D eigenvalue weighted by molar-refractivity contribution is 0.0692. The SMILES string of the molecule is CCCOc1c(C)cc(I)cc1C(=O)O. The van der Waals surface area contributed by atoms with E-state index in [0.717, 1.165) is 15.6 Å². The normalized spacial score (nSPS) is 10.1. The lowest BCUT2D eigenvalue weighted by Crippen LogP contribution is -2.06. The molecule has 0 aliphatic rings. The first-order chi connectivity index (χ1) is 7.06. The van der Waals surface area contributed by atoms with Crippen LogP contribution in [0.1, 0.15) is 29.3 Å². The van der Waals surface area contributed by atoms with Crippen molar-refractivity contribution in [2.75, 3.05) is 6.61 Å². The highest BCUT2D eigenvalue weighted by Crippen LogP contribution is 2.26. The number of hydrogen-bond acceptors (Lipinski definition) is 2. The van der Waals surface area contributed by atoms with Crippen LogP contribution in [-0.4, -0.2) is 17.7 Å². The minimum Gasteiger partial charge on any atom is -0.492 e. The number of aromatic carboxylic acids is 1. The Morgan fingerprint density at radius 3 is 2.73 bits per heavy atom. The monoisotopic (exact) mass is 320 g/mol. The fourth-order valence-corrected chi connectivity index (χ4v) is 2.06. The summed E-state index contributed by atoms with van der Waals surface area (Å²) in [6.07, 6.45) is 0.866. The number of carboxylic acids is 1. The van der Waals surface area contributed by atoms with Crippen LogP contribution in [0.5, 0.6) is 5.75 Å². The molecule has 0 aliphatic carbocycles. The summed E-state index contributed by atoms with van der Waals surface area (Å²) in [7, 11) is 0. The molecule has 1 N–H and O–H groups in total. The lowest BCUT2D eigenvalue weighted by Gasteiger charge is -2.11. The fourth-order valence-electron chi connectivity index (χ4n) is 1.28. The number of carbonyl (C=O) groups is 1. The maximum absolute atomic E-state index is 11.0. The van der Waals surface area contributed by atoms with Crippen LogP contribution >= 0.6 is 22.6 Å². The topological polar surface area (TPSA) is 46.5 Å². The molecule has 0 heterocycles. The predicted molar refractivity (Wildman–Crippen MR) is 66.6 cm³/mol. The summed E-state index contributed by atoms with van der Waals surface area (Å²) in [6, 6.07) is 3.54. The minimum atomic E-state index is -0.942. The van der Waals surface area contributed by atoms with Crippen LogP contribution in [0.4, 0.5) is 0 Å². The molecule has 0 amide bonds. The Balaban J connectivity index is 3.15. The first-order valence-corrected chi connectivity index (χ1v) is 5.80. The van der Waals surface area contributed by atoms with E-state index in [1.54, 1.807) is 6.07 Å². The van der Waals surface area contributed by atoms with Gasteiger partial charge >= 0.3 is 5.97 Å². The summed E-state index contributed by atoms with van der Waals surface area (Å²) >= 11 is 2.10. The van der Waals surface area contributed by atoms with Gasteiger partial charge in [-0.3, -0.25) is 0 Å². The van der Waals surface area contributed by atoms with Crippen LogP contribution in [-0.2, 0) is 0 Å². The van der Waals surface area contributed by atoms with Crippen LogP contribution in [0.3, 0.4) is 0 Å². The molecule has 15 heavy (non-hydrogen) atoms. The Morgan fingerprint density at radius 2 is 2.20 bits per heavy atom. The van der Waals surface area contributed by atoms with Gasteiger partial charge in [0, 0.05) is 3.57 Å². The molecule has 1 aromatic rings. The van der Waals surface area contributed by atoms with E-state index in [4.69, 9.17) is 9.84 Å². The first-order valence-electron chi connectivity index (χ1n) is 4.72. The van der Waals surface area contributed by atoms with Gasteiger partial charge in [-0.2, -0.15) is 0 Å². The average molecular weight is 320 g/mol. The molecule has 0 aromatic heterocycles. The smallest absolute Gasteiger partial charge is 0.339 e. The number of rotatable bonds is 4. The Bertz CT molecular complexity index is 374. The minimum absolute atomic E-state index is 0.243. The molecule has 0 spiro atoms. The number of halogens is 1. The second-order valence-electron chi connectivity index (χ2n) is 3.25. The zero-order valence-corrected chi connectivity index (χ0v) is 10.9. The van der Waals surface area contributed by atoms with Crippen molar-refractivity contribution in [3.05, 3.63) is 26.8 Å². The number of hydrogen-bond donors (Lipinski definition) is 1. The van der Waals surface area contributed by atoms with E-state index in [9.17, 15) is 4.79 Å². The van der Waals surface area contributed by atoms with Gasteiger partial charge < -0.3 is 9.84 Å². The van der Waals surface area contributed by atoms with Gasteiger partial charge in [0.15, 0.2) is 0 Å². The Morgan fingerprint density at radius 1 is 1.53 bits per heavy atom. The summed E-state index contributed by atoms with van der Waals surface area (Å²) in [6.45, 7) is 4.39. The maximum atomic E-state index is 11.0. The van der Waals surface area contributed by atoms with Crippen molar-refractivity contribution in [1.82, 2.24) is 0 Å². The molecule has 4 heteroatoms. The first kappa shape index (κ1) is 12.3. The van der Waals surface area contributed by atoms with Crippen molar-refractivity contribution in [3.8, 4) is 5.75 Å². The molecule has 0 radical (unpaired) electrons. The summed E-state index contributed by atoms with van der Waals surface area (Å²) < 4.78 is 6.36. The molecule has 0 aliphatic heterocycles. The lowest BCUT2D eigenvalue weighted by atomic mass is 10.1. The van der Waals surface area contributed by atoms with E-state index in [1.165, 1.54) is 0 Å². The van der Waals surface area contributed by atoms with Gasteiger partial charge in [0.2, 0.25) is 0 Å². The van der Waals surface area contributed by atoms with E-state index >= 15 is 0 Å². The molecule has 1 aromatic carbocycles. The van der Waals surface area contributed by atoms with Gasteiger partial charge in [0.25, 0.3) is 0 Å². The molecule has 0 saturated carbocycles. The zero-order valence-electron chi connectivity index (χ0n) is 8.71. The summed E-state index contributed by atoms with van der Waals surface area (Å²) in [5.74, 6) is -0.451. The maximum Gasteiger partial charge on any atom is 0.339 e. The van der Waals surface area contributed by atoms with E-state index in [2.05, 4.69) is 22.6 Å². The van der Waals surface area contributed by atoms with Crippen LogP contribution in [0, 0.1) is 10.5 Å². The molecule has 0 atom stereocenters. The van der Waals surface area contributed by atoms with Crippen molar-refractivity contribution in [1.29, 1.82) is 0 Å². The van der Waals surface area contributed by atoms with Crippen LogP contribution in [0.2, 0.25) is 0 Å². The molecule has 0 saturated heterocycles. The molecule has 0 bridgehead atoms. The molecule has 82 valence electrons. The highest BCUT2D eigenvalue weighted by Gasteiger charge is 2.14. The largest absolute Gasteiger partial charge is 0.492 e. The van der Waals surface area contributed by atoms with Crippen molar-refractivity contribution >= 4 is 28.6 Å². The summed E-state index contributed by atoms with van der Waals surface area (Å²) in [5.41, 5.74) is 1.11. The summed E-state index contributed by atoms with van der Waals surface area (Å²) in [5, 5.41) is 9.03. The number of benzene rings is 1. The van der Waals surface area contributed by atoms with Crippen molar-refractivity contribution < 1.29 is 14.6 Å². The van der Waals surface area contributed by atoms with Crippen molar-refractivity contribution in [2.24, 2.45) is 0 Å². The van der Waals surface area contributed by atoms with Gasteiger partial charge in [-0.1, -0.05) is 6.92 Å². The predicted octanol–water partition coefficient (Wildman–Crippen LogP) is 3.09. The van der Waals surface area contributed by atoms with Crippen LogP contribution in [0.15, 0.2) is 12.1 Å². The quantitative estimate of drug-likeness (QED) is 0.867. The molecule has 3 nitrogen and oxygen atoms in total. The number of ether oxygens (including phenoxy) is 1. The van der Waals surface area contributed by atoms with Crippen LogP contribution in [0.25, 0.3) is 0 Å². The summed E-state index contributed by atoms with van der Waals surface area (Å²) in [4.78, 5) is 11.0. The third-order valence-corrected chi connectivity index (χ3v) is 2.54. The molecule has 1 rings (SSSR count). The number of carboxylic acid groups (broad SMARTS) is 1. The average Bonchev–Trinajstić information content (AvgIpc) is 2.15. The van der Waals surface area contributed by atoms with Crippen LogP contribution < -0.4 is 4.74 Å². The Labute approximate surface area is 103 Å². The molecular formula is C11H13IO3. The third kappa shape index (κ3) is 3.09. The van der Waals surface area contributed by atoms with Crippen molar-refractivity contribution in [3.63, 3.8) is 0 Å². The second kappa shape index (κ2) is 5.34. The van der Waals surface area contributed by atoms with Gasteiger partial charge in [-0.25, -0.2) is 4.79 Å². The standard InChI is InChI=1S/C11H13IO3/c1-3-4-15-10-7(2)5-8(12)6-9(10)11(13)14/h5-6H,3-4H2,1-2H3,(H,13,14). The molecule has 0 unspecified atom stereocenters. The van der Waals surface area contributed by atoms with Gasteiger partial charge in [-0.15, -0.1) is 0 Å². The number of aryl methyl sites for hydroxylation is 1. The van der Waals surface area contributed by atoms with E-state index in [1.807, 2.05) is 19.9 Å². The second-order valence-corrected chi connectivity index (χ2v) is 4.50. The van der Waals surface area contributed by atoms with Crippen molar-refractivity contribution in [2.45, 2.75) is 20.3 Å². The third-order valence-electron chi connectivity index (χ3n) is 1.92. The van der Waals surface area contributed by atoms with Gasteiger partial charge in [0.1, 0.15) is 11.3 Å². The highest BCUT2D eigenvalue weighted by molar-refractivity contribution is 14.1.